The van der Waals surface area contributed by atoms with Gasteiger partial charge in [0.2, 0.25) is 5.91 Å². The Labute approximate surface area is 136 Å². The smallest absolute Gasteiger partial charge is 0.260 e. The Balaban J connectivity index is 1.84. The number of hydrogen-bond acceptors (Lipinski definition) is 4. The van der Waals surface area contributed by atoms with Gasteiger partial charge in [-0.2, -0.15) is 4.73 Å². The lowest BCUT2D eigenvalue weighted by Crippen LogP contribution is -2.53. The van der Waals surface area contributed by atoms with Gasteiger partial charge in [-0.15, -0.1) is 0 Å². The van der Waals surface area contributed by atoms with Crippen LogP contribution in [0.3, 0.4) is 0 Å². The number of rotatable bonds is 3. The van der Waals surface area contributed by atoms with E-state index in [1.807, 2.05) is 25.7 Å². The molecule has 0 aliphatic carbocycles. The highest BCUT2D eigenvalue weighted by molar-refractivity contribution is 5.93. The minimum Gasteiger partial charge on any atom is -0.619 e. The van der Waals surface area contributed by atoms with E-state index in [0.29, 0.717) is 43.0 Å². The van der Waals surface area contributed by atoms with E-state index in [2.05, 4.69) is 5.32 Å². The fraction of sp³-hybridized carbons (Fsp3) is 0.562. The van der Waals surface area contributed by atoms with Crippen LogP contribution in [-0.2, 0) is 4.79 Å². The number of nitrogens with zero attached hydrogens (tertiary/aromatic N) is 3. The molecule has 1 aliphatic rings. The Morgan fingerprint density at radius 3 is 2.48 bits per heavy atom. The van der Waals surface area contributed by atoms with Crippen LogP contribution in [0.2, 0.25) is 0 Å². The quantitative estimate of drug-likeness (QED) is 0.628. The van der Waals surface area contributed by atoms with Gasteiger partial charge in [0.05, 0.1) is 6.54 Å². The van der Waals surface area contributed by atoms with Crippen LogP contribution in [-0.4, -0.2) is 59.9 Å². The number of carbonyl (C=O) groups excluding carboxylic acids is 2. The van der Waals surface area contributed by atoms with Crippen molar-refractivity contribution in [2.24, 2.45) is 0 Å². The van der Waals surface area contributed by atoms with Gasteiger partial charge in [0.15, 0.2) is 12.4 Å². The summed E-state index contributed by atoms with van der Waals surface area (Å²) in [6, 6.07) is 3.20. The average molecular weight is 320 g/mol. The molecule has 0 bridgehead atoms. The fourth-order valence-electron chi connectivity index (χ4n) is 2.53. The summed E-state index contributed by atoms with van der Waals surface area (Å²) in [4.78, 5) is 28.0. The predicted octanol–water partition coefficient (Wildman–Crippen LogP) is -0.00750. The second-order valence-corrected chi connectivity index (χ2v) is 6.82. The summed E-state index contributed by atoms with van der Waals surface area (Å²) in [5.41, 5.74) is 0.150. The average Bonchev–Trinajstić information content (AvgIpc) is 2.45. The molecular formula is C16H24N4O3. The van der Waals surface area contributed by atoms with Gasteiger partial charge in [-0.1, -0.05) is 0 Å². The summed E-state index contributed by atoms with van der Waals surface area (Å²) in [5, 5.41) is 14.2. The zero-order valence-corrected chi connectivity index (χ0v) is 13.9. The fourth-order valence-corrected chi connectivity index (χ4v) is 2.53. The summed E-state index contributed by atoms with van der Waals surface area (Å²) < 4.78 is 0.625. The van der Waals surface area contributed by atoms with Gasteiger partial charge >= 0.3 is 0 Å². The zero-order chi connectivity index (χ0) is 17.0. The summed E-state index contributed by atoms with van der Waals surface area (Å²) in [6.45, 7) is 8.58. The molecule has 0 spiro atoms. The van der Waals surface area contributed by atoms with Crippen molar-refractivity contribution >= 4 is 11.8 Å². The van der Waals surface area contributed by atoms with Gasteiger partial charge in [0.1, 0.15) is 5.56 Å². The van der Waals surface area contributed by atoms with Crippen molar-refractivity contribution in [2.75, 3.05) is 32.7 Å². The number of hydrogen-bond donors (Lipinski definition) is 1. The second kappa shape index (κ2) is 6.95. The molecule has 1 fully saturated rings. The zero-order valence-electron chi connectivity index (χ0n) is 13.9. The third kappa shape index (κ3) is 5.21. The van der Waals surface area contributed by atoms with E-state index < -0.39 is 0 Å². The van der Waals surface area contributed by atoms with E-state index in [9.17, 15) is 14.8 Å². The summed E-state index contributed by atoms with van der Waals surface area (Å²) in [5.74, 6) is -0.151. The molecule has 0 radical (unpaired) electrons. The molecule has 23 heavy (non-hydrogen) atoms. The van der Waals surface area contributed by atoms with E-state index in [1.54, 1.807) is 17.0 Å². The van der Waals surface area contributed by atoms with E-state index in [-0.39, 0.29) is 17.4 Å². The highest BCUT2D eigenvalue weighted by Gasteiger charge is 2.25. The lowest BCUT2D eigenvalue weighted by atomic mass is 10.1. The van der Waals surface area contributed by atoms with E-state index in [4.69, 9.17) is 0 Å². The molecule has 0 aromatic carbocycles. The first-order chi connectivity index (χ1) is 10.7. The maximum absolute atomic E-state index is 12.3. The molecule has 7 nitrogen and oxygen atoms in total. The van der Waals surface area contributed by atoms with Gasteiger partial charge in [-0.05, 0) is 26.8 Å². The van der Waals surface area contributed by atoms with Crippen molar-refractivity contribution in [3.05, 3.63) is 35.3 Å². The standard InChI is InChI=1S/C16H24N4O3/c1-16(2,3)17-14(21)12-18-7-9-19(10-8-18)15(22)13-5-4-6-20(23)11-13/h4-6,11H,7-10,12H2,1-3H3,(H,17,21). The minimum absolute atomic E-state index is 0.00673. The van der Waals surface area contributed by atoms with Crippen LogP contribution in [0.25, 0.3) is 0 Å². The Bertz CT molecular complexity index is 575. The molecule has 0 saturated carbocycles. The third-order valence-electron chi connectivity index (χ3n) is 3.56. The topological polar surface area (TPSA) is 79.6 Å². The predicted molar refractivity (Wildman–Crippen MR) is 85.6 cm³/mol. The molecule has 2 heterocycles. The number of aromatic nitrogens is 1. The number of pyridine rings is 1. The van der Waals surface area contributed by atoms with Gasteiger partial charge in [-0.3, -0.25) is 14.5 Å². The Kier molecular flexibility index (Phi) is 5.20. The van der Waals surface area contributed by atoms with Gasteiger partial charge < -0.3 is 15.4 Å². The van der Waals surface area contributed by atoms with Crippen molar-refractivity contribution in [3.8, 4) is 0 Å². The third-order valence-corrected chi connectivity index (χ3v) is 3.56. The molecule has 1 N–H and O–H groups in total. The molecule has 1 aromatic rings. The van der Waals surface area contributed by atoms with Gasteiger partial charge in [0, 0.05) is 37.8 Å². The molecule has 1 aliphatic heterocycles. The molecule has 2 rings (SSSR count). The lowest BCUT2D eigenvalue weighted by molar-refractivity contribution is -0.605. The summed E-state index contributed by atoms with van der Waals surface area (Å²) >= 11 is 0. The van der Waals surface area contributed by atoms with E-state index >= 15 is 0 Å². The van der Waals surface area contributed by atoms with Crippen LogP contribution in [0.1, 0.15) is 31.1 Å². The molecule has 1 saturated heterocycles. The largest absolute Gasteiger partial charge is 0.619 e. The summed E-state index contributed by atoms with van der Waals surface area (Å²) in [6.07, 6.45) is 2.63. The van der Waals surface area contributed by atoms with Crippen LogP contribution in [0.4, 0.5) is 0 Å². The highest BCUT2D eigenvalue weighted by atomic mass is 16.5. The Hall–Kier alpha value is -2.15. The minimum atomic E-state index is -0.240. The molecule has 0 atom stereocenters. The molecule has 0 unspecified atom stereocenters. The second-order valence-electron chi connectivity index (χ2n) is 6.82. The van der Waals surface area contributed by atoms with E-state index in [1.165, 1.54) is 12.4 Å². The van der Waals surface area contributed by atoms with Crippen molar-refractivity contribution in [3.63, 3.8) is 0 Å². The first kappa shape index (κ1) is 17.2. The first-order valence-corrected chi connectivity index (χ1v) is 7.76. The van der Waals surface area contributed by atoms with Gasteiger partial charge in [-0.25, -0.2) is 0 Å². The molecule has 126 valence electrons. The maximum atomic E-state index is 12.3. The normalized spacial score (nSPS) is 16.2. The van der Waals surface area contributed by atoms with Crippen molar-refractivity contribution < 1.29 is 14.3 Å². The SMILES string of the molecule is CC(C)(C)NC(=O)CN1CCN(C(=O)c2ccc[n+]([O-])c2)CC1. The molecule has 1 aromatic heterocycles. The van der Waals surface area contributed by atoms with Crippen LogP contribution >= 0.6 is 0 Å². The van der Waals surface area contributed by atoms with Crippen LogP contribution < -0.4 is 10.0 Å². The van der Waals surface area contributed by atoms with Crippen LogP contribution in [0.5, 0.6) is 0 Å². The monoisotopic (exact) mass is 320 g/mol. The Morgan fingerprint density at radius 2 is 1.91 bits per heavy atom. The number of amides is 2. The summed E-state index contributed by atoms with van der Waals surface area (Å²) in [7, 11) is 0. The number of nitrogens with one attached hydrogen (secondary N) is 1. The Morgan fingerprint density at radius 1 is 1.26 bits per heavy atom. The van der Waals surface area contributed by atoms with Crippen LogP contribution in [0, 0.1) is 5.21 Å². The molecular weight excluding hydrogens is 296 g/mol. The van der Waals surface area contributed by atoms with Gasteiger partial charge in [0.25, 0.3) is 5.91 Å². The molecule has 2 amide bonds. The lowest BCUT2D eigenvalue weighted by Gasteiger charge is -2.34. The first-order valence-electron chi connectivity index (χ1n) is 7.76. The number of piperazine rings is 1. The van der Waals surface area contributed by atoms with Crippen molar-refractivity contribution in [2.45, 2.75) is 26.3 Å². The van der Waals surface area contributed by atoms with E-state index in [0.717, 1.165) is 0 Å². The van der Waals surface area contributed by atoms with Crippen molar-refractivity contribution in [1.29, 1.82) is 0 Å². The number of carbonyl (C=O) groups is 2. The highest BCUT2D eigenvalue weighted by Crippen LogP contribution is 2.08. The molecule has 7 heteroatoms. The van der Waals surface area contributed by atoms with Crippen LogP contribution in [0.15, 0.2) is 24.5 Å². The maximum Gasteiger partial charge on any atom is 0.260 e. The van der Waals surface area contributed by atoms with Crippen molar-refractivity contribution in [1.82, 2.24) is 15.1 Å².